The van der Waals surface area contributed by atoms with Crippen LogP contribution in [0, 0.1) is 17.8 Å². The van der Waals surface area contributed by atoms with Gasteiger partial charge in [0.2, 0.25) is 0 Å². The molecular weight excluding hydrogens is 441 g/mol. The van der Waals surface area contributed by atoms with Gasteiger partial charge in [-0.05, 0) is 60.7 Å². The molecule has 0 atom stereocenters. The van der Waals surface area contributed by atoms with E-state index >= 15 is 0 Å². The highest BCUT2D eigenvalue weighted by Crippen LogP contribution is 2.33. The fourth-order valence-electron chi connectivity index (χ4n) is 2.77. The zero-order valence-electron chi connectivity index (χ0n) is 21.0. The number of rotatable bonds is 5. The van der Waals surface area contributed by atoms with Crippen LogP contribution in [0.5, 0.6) is 5.75 Å². The van der Waals surface area contributed by atoms with E-state index in [1.807, 2.05) is 0 Å². The molecule has 0 fully saturated rings. The van der Waals surface area contributed by atoms with Gasteiger partial charge in [0.1, 0.15) is 5.75 Å². The lowest BCUT2D eigenvalue weighted by Gasteiger charge is -2.10. The summed E-state index contributed by atoms with van der Waals surface area (Å²) in [5, 5.41) is 18.5. The van der Waals surface area contributed by atoms with E-state index in [0.29, 0.717) is 29.5 Å². The van der Waals surface area contributed by atoms with Crippen LogP contribution in [-0.4, -0.2) is 16.2 Å². The number of benzene rings is 2. The fourth-order valence-corrected chi connectivity index (χ4v) is 2.77. The minimum atomic E-state index is -4.64. The summed E-state index contributed by atoms with van der Waals surface area (Å²) < 4.78 is 39.5. The van der Waals surface area contributed by atoms with Crippen molar-refractivity contribution in [1.82, 2.24) is 0 Å². The summed E-state index contributed by atoms with van der Waals surface area (Å²) in [5.41, 5.74) is 0.0466. The quantitative estimate of drug-likeness (QED) is 0.425. The molecule has 0 saturated heterocycles. The van der Waals surface area contributed by atoms with Crippen LogP contribution < -0.4 is 0 Å². The molecule has 0 radical (unpaired) electrons. The van der Waals surface area contributed by atoms with E-state index in [0.717, 1.165) is 25.0 Å². The molecule has 0 aromatic heterocycles. The van der Waals surface area contributed by atoms with Crippen LogP contribution in [0.3, 0.4) is 0 Å². The Hall–Kier alpha value is -2.94. The van der Waals surface area contributed by atoms with Gasteiger partial charge in [0.15, 0.2) is 0 Å². The van der Waals surface area contributed by atoms with Crippen LogP contribution >= 0.6 is 0 Å². The topological polar surface area (TPSA) is 57.5 Å². The third-order valence-corrected chi connectivity index (χ3v) is 4.22. The molecule has 0 aliphatic rings. The zero-order chi connectivity index (χ0) is 26.3. The van der Waals surface area contributed by atoms with Crippen molar-refractivity contribution in [3.8, 4) is 17.6 Å². The van der Waals surface area contributed by atoms with Crippen molar-refractivity contribution >= 4 is 5.97 Å². The molecule has 0 aliphatic carbocycles. The average molecular weight is 479 g/mol. The van der Waals surface area contributed by atoms with Crippen molar-refractivity contribution < 1.29 is 28.2 Å². The van der Waals surface area contributed by atoms with Crippen molar-refractivity contribution in [2.45, 2.75) is 79.8 Å². The van der Waals surface area contributed by atoms with E-state index in [2.05, 4.69) is 53.4 Å². The molecule has 0 aliphatic heterocycles. The van der Waals surface area contributed by atoms with Crippen molar-refractivity contribution in [1.29, 1.82) is 0 Å². The Kier molecular flexibility index (Phi) is 14.5. The van der Waals surface area contributed by atoms with Crippen molar-refractivity contribution in [2.24, 2.45) is 5.92 Å². The lowest BCUT2D eigenvalue weighted by molar-refractivity contribution is -0.137. The SMILES string of the molecule is CC(C)CCCc1cc(C(=O)O)ccc1C#Cc1ccc(O)cc1C(F)(F)F.CCC.CCC. The predicted octanol–water partition coefficient (Wildman–Crippen LogP) is 8.32. The number of carboxylic acids is 1. The molecule has 0 unspecified atom stereocenters. The smallest absolute Gasteiger partial charge is 0.417 e. The number of aromatic hydroxyl groups is 1. The van der Waals surface area contributed by atoms with Crippen molar-refractivity contribution in [3.05, 3.63) is 64.2 Å². The monoisotopic (exact) mass is 478 g/mol. The highest BCUT2D eigenvalue weighted by molar-refractivity contribution is 5.88. The summed E-state index contributed by atoms with van der Waals surface area (Å²) in [4.78, 5) is 11.2. The van der Waals surface area contributed by atoms with Crippen LogP contribution in [-0.2, 0) is 12.6 Å². The largest absolute Gasteiger partial charge is 0.508 e. The van der Waals surface area contributed by atoms with Crippen LogP contribution in [0.15, 0.2) is 36.4 Å². The first-order chi connectivity index (χ1) is 15.9. The number of halogens is 3. The molecule has 2 N–H and O–H groups in total. The molecule has 34 heavy (non-hydrogen) atoms. The number of phenols is 1. The number of carbonyl (C=O) groups is 1. The van der Waals surface area contributed by atoms with Gasteiger partial charge >= 0.3 is 12.1 Å². The first kappa shape index (κ1) is 31.1. The van der Waals surface area contributed by atoms with Gasteiger partial charge in [0.05, 0.1) is 11.1 Å². The number of aromatic carboxylic acids is 1. The Labute approximate surface area is 202 Å². The zero-order valence-corrected chi connectivity index (χ0v) is 21.0. The molecule has 188 valence electrons. The minimum absolute atomic E-state index is 0.116. The summed E-state index contributed by atoms with van der Waals surface area (Å²) in [5.74, 6) is 4.20. The summed E-state index contributed by atoms with van der Waals surface area (Å²) in [6.45, 7) is 12.7. The highest BCUT2D eigenvalue weighted by Gasteiger charge is 2.33. The van der Waals surface area contributed by atoms with E-state index < -0.39 is 23.5 Å². The number of hydrogen-bond acceptors (Lipinski definition) is 2. The molecule has 2 aromatic carbocycles. The maximum Gasteiger partial charge on any atom is 0.417 e. The molecule has 0 saturated carbocycles. The maximum absolute atomic E-state index is 13.2. The second kappa shape index (κ2) is 15.8. The number of alkyl halides is 3. The van der Waals surface area contributed by atoms with Gasteiger partial charge in [-0.2, -0.15) is 13.2 Å². The molecule has 0 amide bonds. The highest BCUT2D eigenvalue weighted by atomic mass is 19.4. The number of hydrogen-bond donors (Lipinski definition) is 2. The molecular formula is C28H37F3O3. The van der Waals surface area contributed by atoms with E-state index in [1.54, 1.807) is 0 Å². The summed E-state index contributed by atoms with van der Waals surface area (Å²) >= 11 is 0. The number of aryl methyl sites for hydroxylation is 1. The molecule has 3 nitrogen and oxygen atoms in total. The molecule has 0 spiro atoms. The Morgan fingerprint density at radius 3 is 1.97 bits per heavy atom. The normalized spacial score (nSPS) is 10.3. The Morgan fingerprint density at radius 2 is 1.47 bits per heavy atom. The average Bonchev–Trinajstić information content (AvgIpc) is 2.73. The number of carboxylic acid groups (broad SMARTS) is 1. The van der Waals surface area contributed by atoms with Gasteiger partial charge in [0, 0.05) is 11.1 Å². The van der Waals surface area contributed by atoms with Gasteiger partial charge in [-0.25, -0.2) is 4.79 Å². The van der Waals surface area contributed by atoms with Gasteiger partial charge in [0.25, 0.3) is 0 Å². The van der Waals surface area contributed by atoms with E-state index in [4.69, 9.17) is 0 Å². The van der Waals surface area contributed by atoms with E-state index in [1.165, 1.54) is 31.0 Å². The third kappa shape index (κ3) is 11.8. The second-order valence-corrected chi connectivity index (χ2v) is 8.36. The Morgan fingerprint density at radius 1 is 0.941 bits per heavy atom. The van der Waals surface area contributed by atoms with Crippen molar-refractivity contribution in [3.63, 3.8) is 0 Å². The molecule has 0 heterocycles. The summed E-state index contributed by atoms with van der Waals surface area (Å²) in [6.07, 6.45) is 0.212. The first-order valence-electron chi connectivity index (χ1n) is 11.7. The Balaban J connectivity index is 0.00000164. The Bertz CT molecular complexity index is 950. The van der Waals surface area contributed by atoms with Crippen LogP contribution in [0.4, 0.5) is 13.2 Å². The molecule has 0 bridgehead atoms. The maximum atomic E-state index is 13.2. The minimum Gasteiger partial charge on any atom is -0.508 e. The van der Waals surface area contributed by atoms with Crippen LogP contribution in [0.25, 0.3) is 0 Å². The predicted molar refractivity (Wildman–Crippen MR) is 132 cm³/mol. The molecule has 6 heteroatoms. The lowest BCUT2D eigenvalue weighted by atomic mass is 9.96. The standard InChI is InChI=1S/C22H21F3O3.2C3H8/c1-14(2)4-3-5-17-12-18(21(27)28)9-7-15(17)6-8-16-10-11-19(26)13-20(16)22(23,24)25;2*1-3-2/h7,9-14,26H,3-5H2,1-2H3,(H,27,28);2*3H2,1-2H3. The van der Waals surface area contributed by atoms with E-state index in [9.17, 15) is 28.2 Å². The summed E-state index contributed by atoms with van der Waals surface area (Å²) in [6, 6.07) is 7.34. The number of phenolic OH excluding ortho intramolecular Hbond substituents is 1. The van der Waals surface area contributed by atoms with Crippen LogP contribution in [0.2, 0.25) is 0 Å². The lowest BCUT2D eigenvalue weighted by Crippen LogP contribution is -2.07. The first-order valence-corrected chi connectivity index (χ1v) is 11.7. The second-order valence-electron chi connectivity index (χ2n) is 8.36. The van der Waals surface area contributed by atoms with Gasteiger partial charge < -0.3 is 10.2 Å². The van der Waals surface area contributed by atoms with Crippen LogP contribution in [0.1, 0.15) is 99.8 Å². The molecule has 2 rings (SSSR count). The van der Waals surface area contributed by atoms with Gasteiger partial charge in [-0.15, -0.1) is 0 Å². The van der Waals surface area contributed by atoms with Gasteiger partial charge in [-0.3, -0.25) is 0 Å². The molecule has 2 aromatic rings. The summed E-state index contributed by atoms with van der Waals surface area (Å²) in [7, 11) is 0. The third-order valence-electron chi connectivity index (χ3n) is 4.22. The van der Waals surface area contributed by atoms with E-state index in [-0.39, 0.29) is 11.1 Å². The van der Waals surface area contributed by atoms with Gasteiger partial charge in [-0.1, -0.05) is 72.6 Å². The fraction of sp³-hybridized carbons (Fsp3) is 0.464. The van der Waals surface area contributed by atoms with Crippen molar-refractivity contribution in [2.75, 3.05) is 0 Å².